The summed E-state index contributed by atoms with van der Waals surface area (Å²) < 4.78 is 0. The molecule has 0 saturated heterocycles. The molecule has 0 spiro atoms. The molecule has 8 heteroatoms. The zero-order chi connectivity index (χ0) is 58.1. The van der Waals surface area contributed by atoms with Gasteiger partial charge in [0.2, 0.25) is 0 Å². The van der Waals surface area contributed by atoms with Crippen molar-refractivity contribution in [2.45, 2.75) is 11.8 Å². The maximum absolute atomic E-state index is 5.45. The highest BCUT2D eigenvalue weighted by molar-refractivity contribution is 5.96. The van der Waals surface area contributed by atoms with Gasteiger partial charge in [0.25, 0.3) is 0 Å². The Morgan fingerprint density at radius 1 is 0.182 bits per heavy atom. The van der Waals surface area contributed by atoms with Gasteiger partial charge in [-0.2, -0.15) is 0 Å². The lowest BCUT2D eigenvalue weighted by Gasteiger charge is -2.42. The van der Waals surface area contributed by atoms with E-state index < -0.39 is 0 Å². The molecular weight excluding hydrogens is 1070 g/mol. The van der Waals surface area contributed by atoms with Crippen LogP contribution in [0.5, 0.6) is 0 Å². The van der Waals surface area contributed by atoms with Gasteiger partial charge in [-0.05, 0) is 81.9 Å². The van der Waals surface area contributed by atoms with Crippen LogP contribution in [0.15, 0.2) is 291 Å². The van der Waals surface area contributed by atoms with E-state index in [1.807, 2.05) is 72.8 Å². The minimum Gasteiger partial charge on any atom is -0.228 e. The van der Waals surface area contributed by atoms with Crippen LogP contribution < -0.4 is 0 Å². The summed E-state index contributed by atoms with van der Waals surface area (Å²) in [6.07, 6.45) is 0. The molecule has 0 N–H and O–H groups in total. The highest BCUT2D eigenvalue weighted by atomic mass is 14.9. The SMILES string of the molecule is c1ccc(-c2cc(-c3cccc(-c4nc(-c5ccccc5)nc5ccccc45)c3)nc(-c3ccc4c(c3)C3c5ccccc5C4c4cc(-c5nc(-c6ccccc6)cc(-c6cccc(-c7nc(-c8ccccc8)nc8ccccc78)c6)n5)ccc43)n2)cc1. The van der Waals surface area contributed by atoms with Gasteiger partial charge in [-0.15, -0.1) is 0 Å². The number of benzene rings is 11. The van der Waals surface area contributed by atoms with Crippen LogP contribution in [0, 0.1) is 0 Å². The molecule has 0 fully saturated rings. The van der Waals surface area contributed by atoms with Crippen LogP contribution in [0.2, 0.25) is 0 Å². The number of rotatable bonds is 10. The third kappa shape index (κ3) is 8.93. The average Bonchev–Trinajstić information content (AvgIpc) is 0.798. The van der Waals surface area contributed by atoms with Crippen LogP contribution in [0.1, 0.15) is 45.2 Å². The van der Waals surface area contributed by atoms with Crippen molar-refractivity contribution in [3.8, 4) is 113 Å². The van der Waals surface area contributed by atoms with Crippen LogP contribution in [-0.2, 0) is 0 Å². The maximum atomic E-state index is 5.45. The molecule has 88 heavy (non-hydrogen) atoms. The molecule has 15 aromatic rings. The first-order valence-electron chi connectivity index (χ1n) is 29.7. The third-order valence-corrected chi connectivity index (χ3v) is 17.3. The summed E-state index contributed by atoms with van der Waals surface area (Å²) in [5.74, 6) is 2.65. The van der Waals surface area contributed by atoms with Crippen molar-refractivity contribution in [2.75, 3.05) is 0 Å². The largest absolute Gasteiger partial charge is 0.228 e. The van der Waals surface area contributed by atoms with Gasteiger partial charge in [-0.3, -0.25) is 0 Å². The summed E-state index contributed by atoms with van der Waals surface area (Å²) in [5, 5.41) is 1.97. The lowest BCUT2D eigenvalue weighted by Crippen LogP contribution is -2.27. The van der Waals surface area contributed by atoms with Crippen molar-refractivity contribution in [3.05, 3.63) is 325 Å². The molecule has 3 aliphatic carbocycles. The van der Waals surface area contributed by atoms with E-state index in [9.17, 15) is 0 Å². The van der Waals surface area contributed by atoms with E-state index in [-0.39, 0.29) is 11.8 Å². The molecule has 4 aromatic heterocycles. The summed E-state index contributed by atoms with van der Waals surface area (Å²) in [7, 11) is 0. The predicted octanol–water partition coefficient (Wildman–Crippen LogP) is 18.8. The monoisotopic (exact) mass is 1120 g/mol. The molecule has 0 saturated carbocycles. The van der Waals surface area contributed by atoms with Crippen LogP contribution in [0.4, 0.5) is 0 Å². The lowest BCUT2D eigenvalue weighted by atomic mass is 9.61. The van der Waals surface area contributed by atoms with E-state index in [0.717, 1.165) is 112 Å². The van der Waals surface area contributed by atoms with Gasteiger partial charge < -0.3 is 0 Å². The Kier molecular flexibility index (Phi) is 12.2. The molecule has 410 valence electrons. The van der Waals surface area contributed by atoms with E-state index in [4.69, 9.17) is 39.9 Å². The number of hydrogen-bond donors (Lipinski definition) is 0. The molecular formula is C80H50N8. The van der Waals surface area contributed by atoms with Crippen LogP contribution >= 0.6 is 0 Å². The van der Waals surface area contributed by atoms with E-state index in [1.54, 1.807) is 0 Å². The number of para-hydroxylation sites is 2. The summed E-state index contributed by atoms with van der Waals surface area (Å²) in [5.41, 5.74) is 24.3. The van der Waals surface area contributed by atoms with E-state index >= 15 is 0 Å². The highest BCUT2D eigenvalue weighted by Gasteiger charge is 2.41. The Hall–Kier alpha value is -11.7. The second-order valence-electron chi connectivity index (χ2n) is 22.6. The minimum atomic E-state index is -0.0210. The molecule has 0 amide bonds. The van der Waals surface area contributed by atoms with Crippen LogP contribution in [0.25, 0.3) is 135 Å². The van der Waals surface area contributed by atoms with E-state index in [0.29, 0.717) is 23.3 Å². The molecule has 2 atom stereocenters. The number of hydrogen-bond acceptors (Lipinski definition) is 8. The predicted molar refractivity (Wildman–Crippen MR) is 353 cm³/mol. The van der Waals surface area contributed by atoms with Crippen molar-refractivity contribution in [2.24, 2.45) is 0 Å². The molecule has 0 aliphatic heterocycles. The summed E-state index contributed by atoms with van der Waals surface area (Å²) in [6.45, 7) is 0. The van der Waals surface area contributed by atoms with Gasteiger partial charge in [0.1, 0.15) is 0 Å². The molecule has 3 aliphatic rings. The Labute approximate surface area is 508 Å². The molecule has 11 aromatic carbocycles. The average molecular weight is 1120 g/mol. The van der Waals surface area contributed by atoms with Gasteiger partial charge in [0, 0.05) is 78.2 Å². The van der Waals surface area contributed by atoms with Gasteiger partial charge in [0.15, 0.2) is 23.3 Å². The van der Waals surface area contributed by atoms with Crippen molar-refractivity contribution in [1.82, 2.24) is 39.9 Å². The summed E-state index contributed by atoms with van der Waals surface area (Å²) in [6, 6.07) is 102. The van der Waals surface area contributed by atoms with Gasteiger partial charge in [-0.25, -0.2) is 39.9 Å². The maximum Gasteiger partial charge on any atom is 0.160 e. The molecule has 2 bridgehead atoms. The summed E-state index contributed by atoms with van der Waals surface area (Å²) >= 11 is 0. The molecule has 8 nitrogen and oxygen atoms in total. The fourth-order valence-electron chi connectivity index (χ4n) is 13.1. The lowest BCUT2D eigenvalue weighted by molar-refractivity contribution is 0.754. The van der Waals surface area contributed by atoms with E-state index in [2.05, 4.69) is 218 Å². The third-order valence-electron chi connectivity index (χ3n) is 17.3. The van der Waals surface area contributed by atoms with Crippen molar-refractivity contribution < 1.29 is 0 Å². The van der Waals surface area contributed by atoms with Crippen LogP contribution in [-0.4, -0.2) is 39.9 Å². The number of fused-ring (bicyclic) bond motifs is 2. The first-order chi connectivity index (χ1) is 43.6. The van der Waals surface area contributed by atoms with Crippen LogP contribution in [0.3, 0.4) is 0 Å². The smallest absolute Gasteiger partial charge is 0.160 e. The zero-order valence-corrected chi connectivity index (χ0v) is 47.4. The molecule has 2 unspecified atom stereocenters. The Balaban J connectivity index is 0.761. The number of aromatic nitrogens is 8. The first kappa shape index (κ1) is 50.7. The molecule has 4 heterocycles. The second-order valence-corrected chi connectivity index (χ2v) is 22.6. The normalized spacial score (nSPS) is 13.7. The van der Waals surface area contributed by atoms with Gasteiger partial charge >= 0.3 is 0 Å². The first-order valence-corrected chi connectivity index (χ1v) is 29.7. The van der Waals surface area contributed by atoms with Crippen molar-refractivity contribution >= 4 is 21.8 Å². The highest BCUT2D eigenvalue weighted by Crippen LogP contribution is 2.57. The van der Waals surface area contributed by atoms with Crippen molar-refractivity contribution in [3.63, 3.8) is 0 Å². The van der Waals surface area contributed by atoms with Gasteiger partial charge in [-0.1, -0.05) is 243 Å². The fraction of sp³-hybridized carbons (Fsp3) is 0.0250. The topological polar surface area (TPSA) is 103 Å². The standard InChI is InChI=1S/C80H50N8/c1-5-21-49(22-6-1)69-47-71(53-29-19-31-55(43-53)75-63-35-15-17-37-67(63)81-77(87-75)51-25-9-3-10-26-51)85-79(83-69)57-39-41-61-65(45-57)73-59-33-13-14-34-60(59)74(61)66-46-58(40-42-62(66)73)80-84-70(50-23-7-2-8-24-50)48-72(86-80)54-30-20-32-56(44-54)76-64-36-16-18-38-68(64)82-78(88-76)52-27-11-4-12-28-52/h1-48,73-74H. The second kappa shape index (κ2) is 21.1. The minimum absolute atomic E-state index is 0.0210. The Bertz CT molecular complexity index is 4900. The Morgan fingerprint density at radius 3 is 0.920 bits per heavy atom. The summed E-state index contributed by atoms with van der Waals surface area (Å²) in [4.78, 5) is 42.1. The quantitative estimate of drug-likeness (QED) is 0.133. The van der Waals surface area contributed by atoms with Gasteiger partial charge in [0.05, 0.1) is 45.2 Å². The number of nitrogens with zero attached hydrogens (tertiary/aromatic N) is 8. The fourth-order valence-corrected chi connectivity index (χ4v) is 13.1. The van der Waals surface area contributed by atoms with Crippen molar-refractivity contribution in [1.29, 1.82) is 0 Å². The Morgan fingerprint density at radius 2 is 0.500 bits per heavy atom. The zero-order valence-electron chi connectivity index (χ0n) is 47.4. The van der Waals surface area contributed by atoms with E-state index in [1.165, 1.54) is 33.4 Å². The molecule has 18 rings (SSSR count). The molecule has 0 radical (unpaired) electrons.